The fraction of sp³-hybridized carbons (Fsp3) is 0.360. The Morgan fingerprint density at radius 1 is 1.24 bits per heavy atom. The van der Waals surface area contributed by atoms with Crippen molar-refractivity contribution in [3.63, 3.8) is 0 Å². The summed E-state index contributed by atoms with van der Waals surface area (Å²) in [6, 6.07) is 5.61. The number of allylic oxidation sites excluding steroid dienone is 4. The van der Waals surface area contributed by atoms with E-state index in [0.717, 1.165) is 7.11 Å². The Morgan fingerprint density at radius 2 is 1.88 bits per heavy atom. The zero-order valence-electron chi connectivity index (χ0n) is 19.0. The number of hydrogen-bond acceptors (Lipinski definition) is 8. The molecule has 1 atom stereocenters. The number of cyclic esters (lactones) is 1. The van der Waals surface area contributed by atoms with Crippen molar-refractivity contribution in [2.24, 2.45) is 0 Å². The SMILES string of the molecule is C=C/C(CCC(C)(C)O)=C(O)\C=C\CC[C@@]1(C(=O)OC)OC(=O)C(O)=C1c1ccc(O)cc1. The Bertz CT molecular complexity index is 992. The number of phenolic OH excluding ortho intramolecular Hbond substituents is 1. The maximum Gasteiger partial charge on any atom is 0.375 e. The summed E-state index contributed by atoms with van der Waals surface area (Å²) < 4.78 is 10.2. The van der Waals surface area contributed by atoms with Crippen molar-refractivity contribution in [2.45, 2.75) is 50.7 Å². The van der Waals surface area contributed by atoms with Gasteiger partial charge in [-0.05, 0) is 62.5 Å². The number of hydrogen-bond donors (Lipinski definition) is 4. The fourth-order valence-electron chi connectivity index (χ4n) is 3.50. The molecule has 0 amide bonds. The summed E-state index contributed by atoms with van der Waals surface area (Å²) in [5, 5.41) is 40.1. The number of aliphatic hydroxyl groups is 3. The smallest absolute Gasteiger partial charge is 0.375 e. The summed E-state index contributed by atoms with van der Waals surface area (Å²) in [6.07, 6.45) is 5.48. The third-order valence-electron chi connectivity index (χ3n) is 5.29. The van der Waals surface area contributed by atoms with Crippen LogP contribution in [0.15, 0.2) is 66.2 Å². The molecule has 0 aliphatic carbocycles. The average Bonchev–Trinajstić information content (AvgIpc) is 3.01. The molecule has 0 radical (unpaired) electrons. The first-order valence-electron chi connectivity index (χ1n) is 10.4. The van der Waals surface area contributed by atoms with Crippen LogP contribution < -0.4 is 0 Å². The fourth-order valence-corrected chi connectivity index (χ4v) is 3.50. The van der Waals surface area contributed by atoms with Gasteiger partial charge in [-0.15, -0.1) is 0 Å². The highest BCUT2D eigenvalue weighted by Gasteiger charge is 2.55. The average molecular weight is 459 g/mol. The molecule has 4 N–H and O–H groups in total. The highest BCUT2D eigenvalue weighted by molar-refractivity contribution is 6.11. The molecule has 0 bridgehead atoms. The third-order valence-corrected chi connectivity index (χ3v) is 5.29. The van der Waals surface area contributed by atoms with E-state index >= 15 is 0 Å². The van der Waals surface area contributed by atoms with Gasteiger partial charge in [0, 0.05) is 6.42 Å². The second-order valence-electron chi connectivity index (χ2n) is 8.35. The van der Waals surface area contributed by atoms with E-state index in [0.29, 0.717) is 24.0 Å². The van der Waals surface area contributed by atoms with E-state index in [1.54, 1.807) is 19.9 Å². The van der Waals surface area contributed by atoms with Crippen molar-refractivity contribution in [2.75, 3.05) is 7.11 Å². The molecule has 0 fully saturated rings. The van der Waals surface area contributed by atoms with E-state index < -0.39 is 28.9 Å². The number of ether oxygens (including phenoxy) is 2. The van der Waals surface area contributed by atoms with Crippen LogP contribution in [0.2, 0.25) is 0 Å². The number of carbonyl (C=O) groups is 2. The second-order valence-corrected chi connectivity index (χ2v) is 8.35. The van der Waals surface area contributed by atoms with Gasteiger partial charge < -0.3 is 29.9 Å². The third kappa shape index (κ3) is 6.04. The summed E-state index contributed by atoms with van der Waals surface area (Å²) in [4.78, 5) is 24.9. The van der Waals surface area contributed by atoms with Gasteiger partial charge in [0.1, 0.15) is 11.5 Å². The standard InChI is InChI=1S/C25H30O8/c1-5-16(13-15-24(2,3)31)19(27)8-6-7-14-25(23(30)32-4)20(21(28)22(29)33-25)17-9-11-18(26)12-10-17/h5-6,8-12,26-28,31H,1,7,13-15H2,2-4H3/b8-6+,19-16-/t25-/m1/s1. The zero-order valence-corrected chi connectivity index (χ0v) is 19.0. The van der Waals surface area contributed by atoms with Gasteiger partial charge >= 0.3 is 11.9 Å². The van der Waals surface area contributed by atoms with Crippen LogP contribution >= 0.6 is 0 Å². The molecule has 1 aliphatic heterocycles. The molecule has 1 heterocycles. The summed E-state index contributed by atoms with van der Waals surface area (Å²) in [5.74, 6) is -2.70. The van der Waals surface area contributed by atoms with E-state index in [1.807, 2.05) is 0 Å². The predicted molar refractivity (Wildman–Crippen MR) is 122 cm³/mol. The number of rotatable bonds is 10. The number of carbonyl (C=O) groups excluding carboxylic acids is 2. The Hall–Kier alpha value is -3.52. The largest absolute Gasteiger partial charge is 0.508 e. The first-order chi connectivity index (χ1) is 15.4. The molecule has 0 saturated heterocycles. The summed E-state index contributed by atoms with van der Waals surface area (Å²) in [7, 11) is 1.14. The molecular weight excluding hydrogens is 428 g/mol. The molecule has 1 aliphatic rings. The predicted octanol–water partition coefficient (Wildman–Crippen LogP) is 4.02. The zero-order chi connectivity index (χ0) is 24.8. The van der Waals surface area contributed by atoms with Gasteiger partial charge in [0.25, 0.3) is 0 Å². The van der Waals surface area contributed by atoms with Crippen molar-refractivity contribution < 1.29 is 39.5 Å². The Kier molecular flexibility index (Phi) is 8.11. The van der Waals surface area contributed by atoms with Gasteiger partial charge in [-0.25, -0.2) is 9.59 Å². The normalized spacial score (nSPS) is 19.5. The second kappa shape index (κ2) is 10.4. The molecule has 0 unspecified atom stereocenters. The lowest BCUT2D eigenvalue weighted by atomic mass is 9.84. The molecular formula is C25H30O8. The number of aromatic hydroxyl groups is 1. The van der Waals surface area contributed by atoms with Crippen LogP contribution in [0.3, 0.4) is 0 Å². The topological polar surface area (TPSA) is 134 Å². The van der Waals surface area contributed by atoms with E-state index in [9.17, 15) is 30.0 Å². The lowest BCUT2D eigenvalue weighted by Gasteiger charge is -2.27. The van der Waals surface area contributed by atoms with Crippen LogP contribution in [-0.2, 0) is 19.1 Å². The first kappa shape index (κ1) is 25.7. The van der Waals surface area contributed by atoms with E-state index in [1.165, 1.54) is 36.4 Å². The molecule has 0 saturated carbocycles. The van der Waals surface area contributed by atoms with Gasteiger partial charge in [-0.3, -0.25) is 0 Å². The van der Waals surface area contributed by atoms with Crippen LogP contribution in [0.25, 0.3) is 5.57 Å². The molecule has 1 aromatic carbocycles. The summed E-state index contributed by atoms with van der Waals surface area (Å²) in [5.41, 5.74) is -1.97. The molecule has 8 nitrogen and oxygen atoms in total. The number of benzene rings is 1. The van der Waals surface area contributed by atoms with E-state index in [2.05, 4.69) is 6.58 Å². The molecule has 8 heteroatoms. The number of methoxy groups -OCH3 is 1. The molecule has 178 valence electrons. The minimum Gasteiger partial charge on any atom is -0.508 e. The molecule has 1 aromatic rings. The first-order valence-corrected chi connectivity index (χ1v) is 10.4. The van der Waals surface area contributed by atoms with Crippen molar-refractivity contribution in [1.29, 1.82) is 0 Å². The number of aliphatic hydroxyl groups excluding tert-OH is 2. The Labute approximate surface area is 192 Å². The van der Waals surface area contributed by atoms with Gasteiger partial charge in [0.15, 0.2) is 0 Å². The van der Waals surface area contributed by atoms with Crippen molar-refractivity contribution in [3.05, 3.63) is 71.7 Å². The lowest BCUT2D eigenvalue weighted by molar-refractivity contribution is -0.169. The molecule has 0 aromatic heterocycles. The quantitative estimate of drug-likeness (QED) is 0.235. The highest BCUT2D eigenvalue weighted by Crippen LogP contribution is 2.43. The Morgan fingerprint density at radius 3 is 2.42 bits per heavy atom. The van der Waals surface area contributed by atoms with Crippen LogP contribution in [-0.4, -0.2) is 50.7 Å². The Balaban J connectivity index is 2.30. The highest BCUT2D eigenvalue weighted by atomic mass is 16.6. The van der Waals surface area contributed by atoms with Crippen molar-refractivity contribution in [3.8, 4) is 5.75 Å². The summed E-state index contributed by atoms with van der Waals surface area (Å²) >= 11 is 0. The molecule has 0 spiro atoms. The van der Waals surface area contributed by atoms with Gasteiger partial charge in [-0.1, -0.05) is 30.9 Å². The van der Waals surface area contributed by atoms with Crippen LogP contribution in [0, 0.1) is 0 Å². The van der Waals surface area contributed by atoms with Gasteiger partial charge in [0.05, 0.1) is 18.3 Å². The molecule has 33 heavy (non-hydrogen) atoms. The number of esters is 2. The van der Waals surface area contributed by atoms with E-state index in [4.69, 9.17) is 9.47 Å². The van der Waals surface area contributed by atoms with Crippen molar-refractivity contribution >= 4 is 17.5 Å². The minimum absolute atomic E-state index is 0.0273. The van der Waals surface area contributed by atoms with Crippen LogP contribution in [0.1, 0.15) is 45.1 Å². The van der Waals surface area contributed by atoms with E-state index in [-0.39, 0.29) is 29.9 Å². The maximum atomic E-state index is 12.7. The lowest BCUT2D eigenvalue weighted by Crippen LogP contribution is -2.41. The van der Waals surface area contributed by atoms with Crippen LogP contribution in [0.4, 0.5) is 0 Å². The maximum absolute atomic E-state index is 12.7. The number of phenols is 1. The summed E-state index contributed by atoms with van der Waals surface area (Å²) in [6.45, 7) is 7.02. The monoisotopic (exact) mass is 458 g/mol. The van der Waals surface area contributed by atoms with Crippen LogP contribution in [0.5, 0.6) is 5.75 Å². The van der Waals surface area contributed by atoms with Crippen molar-refractivity contribution in [1.82, 2.24) is 0 Å². The van der Waals surface area contributed by atoms with Gasteiger partial charge in [-0.2, -0.15) is 0 Å². The minimum atomic E-state index is -1.89. The van der Waals surface area contributed by atoms with Gasteiger partial charge in [0.2, 0.25) is 11.4 Å². The molecule has 2 rings (SSSR count).